The van der Waals surface area contributed by atoms with Crippen molar-refractivity contribution in [3.05, 3.63) is 40.5 Å². The Morgan fingerprint density at radius 2 is 2.44 bits per heavy atom. The summed E-state index contributed by atoms with van der Waals surface area (Å²) in [5, 5.41) is 0. The fourth-order valence-corrected chi connectivity index (χ4v) is 2.75. The lowest BCUT2D eigenvalue weighted by Gasteiger charge is -2.32. The van der Waals surface area contributed by atoms with Gasteiger partial charge in [0.25, 0.3) is 0 Å². The molecule has 3 rings (SSSR count). The van der Waals surface area contributed by atoms with Crippen LogP contribution in [-0.4, -0.2) is 21.7 Å². The minimum Gasteiger partial charge on any atom is -0.301 e. The maximum absolute atomic E-state index is 11.8. The van der Waals surface area contributed by atoms with E-state index >= 15 is 0 Å². The first-order valence-corrected chi connectivity index (χ1v) is 6.82. The molecule has 0 N–H and O–H groups in total. The Labute approximate surface area is 110 Å². The van der Waals surface area contributed by atoms with E-state index in [2.05, 4.69) is 16.9 Å². The Bertz CT molecular complexity index is 575. The highest BCUT2D eigenvalue weighted by Crippen LogP contribution is 2.27. The summed E-state index contributed by atoms with van der Waals surface area (Å²) >= 11 is 1.52. The SMILES string of the molecule is O=C1CCCC2C1=CC=CN2C#Cc1cncs1. The number of allylic oxidation sites excluding steroid dienone is 2. The number of ketones is 1. The van der Waals surface area contributed by atoms with Crippen molar-refractivity contribution >= 4 is 17.1 Å². The summed E-state index contributed by atoms with van der Waals surface area (Å²) < 4.78 is 0. The van der Waals surface area contributed by atoms with Crippen LogP contribution in [0.15, 0.2) is 35.6 Å². The molecule has 1 aromatic rings. The molecule has 4 heteroatoms. The number of carbonyl (C=O) groups excluding carboxylic acids is 1. The predicted molar refractivity (Wildman–Crippen MR) is 70.7 cm³/mol. The third-order valence-electron chi connectivity index (χ3n) is 3.16. The van der Waals surface area contributed by atoms with E-state index in [1.807, 2.05) is 23.3 Å². The van der Waals surface area contributed by atoms with Crippen molar-refractivity contribution in [3.63, 3.8) is 0 Å². The van der Waals surface area contributed by atoms with Gasteiger partial charge in [-0.15, -0.1) is 11.3 Å². The molecule has 0 spiro atoms. The van der Waals surface area contributed by atoms with E-state index in [0.29, 0.717) is 6.42 Å². The standard InChI is InChI=1S/C14H12N2OS/c17-14-5-1-4-13-12(14)3-2-7-16(13)8-6-11-9-15-10-18-11/h2-3,7,9-10,13H,1,4-5H2. The molecule has 0 bridgehead atoms. The van der Waals surface area contributed by atoms with Crippen LogP contribution >= 0.6 is 11.3 Å². The third-order valence-corrected chi connectivity index (χ3v) is 3.85. The Hall–Kier alpha value is -1.86. The van der Waals surface area contributed by atoms with Gasteiger partial charge in [0.05, 0.1) is 22.6 Å². The Morgan fingerprint density at radius 1 is 1.50 bits per heavy atom. The van der Waals surface area contributed by atoms with Gasteiger partial charge < -0.3 is 4.90 Å². The van der Waals surface area contributed by atoms with Gasteiger partial charge in [0.1, 0.15) is 0 Å². The first-order valence-electron chi connectivity index (χ1n) is 5.94. The van der Waals surface area contributed by atoms with E-state index in [-0.39, 0.29) is 11.8 Å². The summed E-state index contributed by atoms with van der Waals surface area (Å²) in [5.74, 6) is 3.35. The predicted octanol–water partition coefficient (Wildman–Crippen LogP) is 2.33. The molecular weight excluding hydrogens is 244 g/mol. The molecule has 0 saturated heterocycles. The van der Waals surface area contributed by atoms with Crippen LogP contribution in [0.3, 0.4) is 0 Å². The van der Waals surface area contributed by atoms with Gasteiger partial charge in [0.15, 0.2) is 5.78 Å². The summed E-state index contributed by atoms with van der Waals surface area (Å²) in [6, 6.07) is 3.25. The number of rotatable bonds is 0. The summed E-state index contributed by atoms with van der Waals surface area (Å²) in [7, 11) is 0. The number of Topliss-reactive ketones (excluding diaryl/α,β-unsaturated/α-hetero) is 1. The van der Waals surface area contributed by atoms with Crippen LogP contribution < -0.4 is 0 Å². The molecule has 1 atom stereocenters. The van der Waals surface area contributed by atoms with Crippen LogP contribution in [-0.2, 0) is 4.79 Å². The third kappa shape index (κ3) is 2.09. The smallest absolute Gasteiger partial charge is 0.160 e. The minimum absolute atomic E-state index is 0.136. The molecule has 1 fully saturated rings. The average molecular weight is 256 g/mol. The van der Waals surface area contributed by atoms with Crippen LogP contribution in [0.5, 0.6) is 0 Å². The maximum atomic E-state index is 11.8. The Balaban J connectivity index is 1.84. The minimum atomic E-state index is 0.136. The second-order valence-corrected chi connectivity index (χ2v) is 5.19. The summed E-state index contributed by atoms with van der Waals surface area (Å²) in [6.45, 7) is 0. The van der Waals surface area contributed by atoms with Crippen LogP contribution in [0.2, 0.25) is 0 Å². The van der Waals surface area contributed by atoms with Crippen molar-refractivity contribution in [2.24, 2.45) is 0 Å². The monoisotopic (exact) mass is 256 g/mol. The lowest BCUT2D eigenvalue weighted by Crippen LogP contribution is -2.36. The van der Waals surface area contributed by atoms with Gasteiger partial charge >= 0.3 is 0 Å². The second kappa shape index (κ2) is 4.79. The molecule has 2 heterocycles. The van der Waals surface area contributed by atoms with Crippen molar-refractivity contribution in [2.45, 2.75) is 25.3 Å². The Morgan fingerprint density at radius 3 is 3.28 bits per heavy atom. The number of thiazole rings is 1. The molecule has 0 radical (unpaired) electrons. The molecular formula is C14H12N2OS. The molecule has 1 aliphatic carbocycles. The van der Waals surface area contributed by atoms with Gasteiger partial charge in [-0.25, -0.2) is 0 Å². The first kappa shape index (κ1) is 11.2. The van der Waals surface area contributed by atoms with Crippen molar-refractivity contribution in [2.75, 3.05) is 0 Å². The van der Waals surface area contributed by atoms with E-state index in [9.17, 15) is 4.79 Å². The highest BCUT2D eigenvalue weighted by atomic mass is 32.1. The van der Waals surface area contributed by atoms with Gasteiger partial charge in [-0.2, -0.15) is 0 Å². The normalized spacial score (nSPS) is 22.0. The largest absolute Gasteiger partial charge is 0.301 e. The van der Waals surface area contributed by atoms with E-state index in [1.165, 1.54) is 11.3 Å². The molecule has 3 nitrogen and oxygen atoms in total. The number of aromatic nitrogens is 1. The van der Waals surface area contributed by atoms with E-state index in [0.717, 1.165) is 23.3 Å². The molecule has 2 aliphatic rings. The number of hydrogen-bond donors (Lipinski definition) is 0. The molecule has 1 aromatic heterocycles. The number of hydrogen-bond acceptors (Lipinski definition) is 4. The molecule has 0 aromatic carbocycles. The van der Waals surface area contributed by atoms with Gasteiger partial charge in [0.2, 0.25) is 0 Å². The molecule has 1 aliphatic heterocycles. The zero-order valence-corrected chi connectivity index (χ0v) is 10.6. The van der Waals surface area contributed by atoms with Crippen LogP contribution in [0.4, 0.5) is 0 Å². The lowest BCUT2D eigenvalue weighted by molar-refractivity contribution is -0.117. The zero-order chi connectivity index (χ0) is 12.4. The van der Waals surface area contributed by atoms with Crippen molar-refractivity contribution in [1.82, 2.24) is 9.88 Å². The number of nitrogens with zero attached hydrogens (tertiary/aromatic N) is 2. The number of carbonyl (C=O) groups is 1. The summed E-state index contributed by atoms with van der Waals surface area (Å²) in [5.41, 5.74) is 2.67. The highest BCUT2D eigenvalue weighted by molar-refractivity contribution is 7.10. The lowest BCUT2D eigenvalue weighted by atomic mass is 9.86. The quantitative estimate of drug-likeness (QED) is 0.668. The van der Waals surface area contributed by atoms with Crippen molar-refractivity contribution in [3.8, 4) is 12.0 Å². The molecule has 1 unspecified atom stereocenters. The van der Waals surface area contributed by atoms with E-state index in [4.69, 9.17) is 0 Å². The molecule has 18 heavy (non-hydrogen) atoms. The Kier molecular flexibility index (Phi) is 2.99. The highest BCUT2D eigenvalue weighted by Gasteiger charge is 2.29. The van der Waals surface area contributed by atoms with Gasteiger partial charge in [-0.3, -0.25) is 9.78 Å². The molecule has 0 amide bonds. The van der Waals surface area contributed by atoms with E-state index < -0.39 is 0 Å². The fraction of sp³-hybridized carbons (Fsp3) is 0.286. The molecule has 90 valence electrons. The fourth-order valence-electron chi connectivity index (χ4n) is 2.29. The van der Waals surface area contributed by atoms with Crippen LogP contribution in [0.1, 0.15) is 24.1 Å². The van der Waals surface area contributed by atoms with Crippen LogP contribution in [0, 0.1) is 12.0 Å². The average Bonchev–Trinajstić information content (AvgIpc) is 2.90. The molecule has 1 saturated carbocycles. The van der Waals surface area contributed by atoms with Gasteiger partial charge in [-0.1, -0.05) is 6.08 Å². The second-order valence-electron chi connectivity index (χ2n) is 4.30. The van der Waals surface area contributed by atoms with Gasteiger partial charge in [0, 0.05) is 24.2 Å². The number of fused-ring (bicyclic) bond motifs is 1. The van der Waals surface area contributed by atoms with Crippen molar-refractivity contribution in [1.29, 1.82) is 0 Å². The van der Waals surface area contributed by atoms with Crippen LogP contribution in [0.25, 0.3) is 0 Å². The van der Waals surface area contributed by atoms with E-state index in [1.54, 1.807) is 11.7 Å². The topological polar surface area (TPSA) is 33.2 Å². The zero-order valence-electron chi connectivity index (χ0n) is 9.80. The summed E-state index contributed by atoms with van der Waals surface area (Å²) in [4.78, 5) is 18.7. The maximum Gasteiger partial charge on any atom is 0.160 e. The first-order chi connectivity index (χ1) is 8.84. The van der Waals surface area contributed by atoms with Crippen molar-refractivity contribution < 1.29 is 4.79 Å². The summed E-state index contributed by atoms with van der Waals surface area (Å²) in [6.07, 6.45) is 10.2. The van der Waals surface area contributed by atoms with Gasteiger partial charge in [-0.05, 0) is 24.8 Å².